The van der Waals surface area contributed by atoms with Crippen LogP contribution in [0.15, 0.2) is 29.3 Å². The van der Waals surface area contributed by atoms with Crippen molar-refractivity contribution in [2.24, 2.45) is 5.92 Å². The molecule has 5 N–H and O–H groups in total. The Balaban J connectivity index is 1.83. The monoisotopic (exact) mass is 423 g/mol. The number of nitrogen functional groups attached to an aromatic ring is 1. The summed E-state index contributed by atoms with van der Waals surface area (Å²) in [4.78, 5) is 15.7. The van der Waals surface area contributed by atoms with Crippen LogP contribution in [0.2, 0.25) is 0 Å². The molecule has 2 aliphatic rings. The van der Waals surface area contributed by atoms with Gasteiger partial charge in [0.1, 0.15) is 5.82 Å². The van der Waals surface area contributed by atoms with Crippen molar-refractivity contribution in [2.75, 3.05) is 11.1 Å². The fourth-order valence-corrected chi connectivity index (χ4v) is 3.25. The predicted molar refractivity (Wildman–Crippen MR) is 99.4 cm³/mol. The molecule has 2 unspecified atom stereocenters. The molecule has 11 heteroatoms. The quantitative estimate of drug-likeness (QED) is 0.431. The van der Waals surface area contributed by atoms with Crippen molar-refractivity contribution in [1.82, 2.24) is 14.9 Å². The summed E-state index contributed by atoms with van der Waals surface area (Å²) in [5, 5.41) is 14.5. The number of aliphatic hydroxyl groups excluding tert-OH is 1. The van der Waals surface area contributed by atoms with Gasteiger partial charge in [0.05, 0.1) is 6.54 Å². The maximum Gasteiger partial charge on any atom is 0.422 e. The van der Waals surface area contributed by atoms with Crippen LogP contribution in [0, 0.1) is 23.6 Å². The Hall–Kier alpha value is -3.10. The molecule has 0 bridgehead atoms. The summed E-state index contributed by atoms with van der Waals surface area (Å²) in [5.74, 6) is 3.37. The van der Waals surface area contributed by atoms with Gasteiger partial charge in [0.25, 0.3) is 5.56 Å². The molecule has 0 amide bonds. The van der Waals surface area contributed by atoms with Crippen LogP contribution in [0.4, 0.5) is 29.1 Å². The summed E-state index contributed by atoms with van der Waals surface area (Å²) in [6, 6.07) is 1.85. The molecular weight excluding hydrogens is 406 g/mol. The average Bonchev–Trinajstić information content (AvgIpc) is 3.48. The number of nitrogens with zero attached hydrogens (tertiary/aromatic N) is 2. The van der Waals surface area contributed by atoms with Gasteiger partial charge in [-0.15, -0.1) is 0 Å². The Kier molecular flexibility index (Phi) is 4.71. The minimum Gasteiger partial charge on any atom is -0.379 e. The molecule has 158 valence electrons. The van der Waals surface area contributed by atoms with E-state index in [4.69, 9.17) is 5.73 Å². The zero-order valence-electron chi connectivity index (χ0n) is 15.4. The molecule has 0 radical (unpaired) electrons. The van der Waals surface area contributed by atoms with Crippen LogP contribution < -0.4 is 21.9 Å². The van der Waals surface area contributed by atoms with E-state index in [1.807, 2.05) is 5.32 Å². The fraction of sp³-hybridized carbons (Fsp3) is 0.368. The lowest BCUT2D eigenvalue weighted by Crippen LogP contribution is -2.61. The van der Waals surface area contributed by atoms with Crippen LogP contribution in [-0.2, 0) is 12.1 Å². The minimum absolute atomic E-state index is 0.0747. The molecule has 1 saturated carbocycles. The zero-order valence-corrected chi connectivity index (χ0v) is 15.4. The highest BCUT2D eigenvalue weighted by molar-refractivity contribution is 5.62. The highest BCUT2D eigenvalue weighted by Crippen LogP contribution is 2.45. The molecule has 2 aromatic rings. The van der Waals surface area contributed by atoms with E-state index in [0.717, 1.165) is 16.7 Å². The number of fused-ring (bicyclic) bond motifs is 1. The van der Waals surface area contributed by atoms with Gasteiger partial charge < -0.3 is 20.7 Å². The molecule has 1 aromatic carbocycles. The molecule has 0 spiro atoms. The molecule has 1 aliphatic heterocycles. The first-order valence-corrected chi connectivity index (χ1v) is 9.06. The van der Waals surface area contributed by atoms with Gasteiger partial charge in [-0.25, -0.2) is 14.7 Å². The van der Waals surface area contributed by atoms with Gasteiger partial charge >= 0.3 is 6.18 Å². The standard InChI is InChI=1S/C19H17F4N5O2/c20-13-8-12-14(7-11(13)9-28-6-5-25-15(24)16(28)29)26-17(30)27-18(12,19(21,22)23)4-3-10-1-2-10/h5-8,10,17,26-27,30H,1-2,9H2,(H2,24,25). The van der Waals surface area contributed by atoms with Gasteiger partial charge in [-0.1, -0.05) is 11.8 Å². The fourth-order valence-electron chi connectivity index (χ4n) is 3.25. The van der Waals surface area contributed by atoms with Crippen LogP contribution in [0.1, 0.15) is 24.0 Å². The molecule has 7 nitrogen and oxygen atoms in total. The van der Waals surface area contributed by atoms with Gasteiger partial charge in [-0.2, -0.15) is 13.2 Å². The Morgan fingerprint density at radius 1 is 1.37 bits per heavy atom. The molecule has 4 rings (SSSR count). The number of anilines is 2. The zero-order chi connectivity index (χ0) is 21.7. The number of nitrogens with two attached hydrogens (primary N) is 1. The van der Waals surface area contributed by atoms with E-state index in [1.54, 1.807) is 0 Å². The van der Waals surface area contributed by atoms with Crippen molar-refractivity contribution in [1.29, 1.82) is 0 Å². The number of nitrogens with one attached hydrogen (secondary N) is 2. The lowest BCUT2D eigenvalue weighted by molar-refractivity contribution is -0.190. The minimum atomic E-state index is -4.93. The number of hydrogen-bond acceptors (Lipinski definition) is 6. The molecule has 1 fully saturated rings. The third-order valence-corrected chi connectivity index (χ3v) is 4.98. The summed E-state index contributed by atoms with van der Waals surface area (Å²) < 4.78 is 58.2. The third kappa shape index (κ3) is 3.48. The van der Waals surface area contributed by atoms with Crippen molar-refractivity contribution in [3.8, 4) is 11.8 Å². The van der Waals surface area contributed by atoms with E-state index >= 15 is 0 Å². The Morgan fingerprint density at radius 3 is 2.77 bits per heavy atom. The van der Waals surface area contributed by atoms with E-state index < -0.39 is 35.0 Å². The molecule has 1 aliphatic carbocycles. The largest absolute Gasteiger partial charge is 0.422 e. The normalized spacial score (nSPS) is 23.2. The highest BCUT2D eigenvalue weighted by Gasteiger charge is 2.59. The van der Waals surface area contributed by atoms with Gasteiger partial charge in [-0.3, -0.25) is 4.79 Å². The van der Waals surface area contributed by atoms with E-state index in [2.05, 4.69) is 22.1 Å². The summed E-state index contributed by atoms with van der Waals surface area (Å²) >= 11 is 0. The second-order valence-corrected chi connectivity index (χ2v) is 7.22. The first-order chi connectivity index (χ1) is 14.1. The van der Waals surface area contributed by atoms with E-state index in [9.17, 15) is 27.5 Å². The van der Waals surface area contributed by atoms with E-state index in [1.165, 1.54) is 12.4 Å². The second kappa shape index (κ2) is 7.00. The number of rotatable bonds is 2. The molecule has 2 atom stereocenters. The Bertz CT molecular complexity index is 1120. The van der Waals surface area contributed by atoms with Crippen LogP contribution in [0.25, 0.3) is 0 Å². The van der Waals surface area contributed by atoms with Crippen LogP contribution in [0.3, 0.4) is 0 Å². The van der Waals surface area contributed by atoms with Gasteiger partial charge in [0, 0.05) is 35.1 Å². The SMILES string of the molecule is Nc1nccn(Cc2cc3c(cc2F)C(C#CC2CC2)(C(F)(F)F)NC(O)N3)c1=O. The Morgan fingerprint density at radius 2 is 2.10 bits per heavy atom. The van der Waals surface area contributed by atoms with Crippen LogP contribution in [0.5, 0.6) is 0 Å². The maximum atomic E-state index is 14.8. The van der Waals surface area contributed by atoms with E-state index in [0.29, 0.717) is 12.8 Å². The number of benzene rings is 1. The number of aromatic nitrogens is 2. The summed E-state index contributed by atoms with van der Waals surface area (Å²) in [6.45, 7) is -0.289. The second-order valence-electron chi connectivity index (χ2n) is 7.22. The number of halogens is 4. The van der Waals surface area contributed by atoms with E-state index in [-0.39, 0.29) is 29.5 Å². The van der Waals surface area contributed by atoms with Gasteiger partial charge in [0.2, 0.25) is 5.54 Å². The number of alkyl halides is 3. The summed E-state index contributed by atoms with van der Waals surface area (Å²) in [7, 11) is 0. The van der Waals surface area contributed by atoms with Gasteiger partial charge in [0.15, 0.2) is 12.2 Å². The van der Waals surface area contributed by atoms with Crippen molar-refractivity contribution in [2.45, 2.75) is 37.5 Å². The topological polar surface area (TPSA) is 105 Å². The van der Waals surface area contributed by atoms with Crippen LogP contribution >= 0.6 is 0 Å². The molecule has 0 saturated heterocycles. The lowest BCUT2D eigenvalue weighted by Gasteiger charge is -2.40. The first kappa shape index (κ1) is 20.2. The highest BCUT2D eigenvalue weighted by atomic mass is 19.4. The molecule has 1 aromatic heterocycles. The van der Waals surface area contributed by atoms with Crippen molar-refractivity contribution in [3.63, 3.8) is 0 Å². The summed E-state index contributed by atoms with van der Waals surface area (Å²) in [6.07, 6.45) is -2.77. The van der Waals surface area contributed by atoms with Gasteiger partial charge in [-0.05, 0) is 25.0 Å². The third-order valence-electron chi connectivity index (χ3n) is 4.98. The Labute approximate surface area is 167 Å². The molecule has 2 heterocycles. The maximum absolute atomic E-state index is 14.8. The van der Waals surface area contributed by atoms with Crippen molar-refractivity contribution in [3.05, 3.63) is 51.8 Å². The predicted octanol–water partition coefficient (Wildman–Crippen LogP) is 1.47. The van der Waals surface area contributed by atoms with Crippen molar-refractivity contribution >= 4 is 11.5 Å². The number of hydrogen-bond donors (Lipinski definition) is 4. The molecule has 30 heavy (non-hydrogen) atoms. The van der Waals surface area contributed by atoms with Crippen molar-refractivity contribution < 1.29 is 22.7 Å². The molecular formula is C19H17F4N5O2. The smallest absolute Gasteiger partial charge is 0.379 e. The van der Waals surface area contributed by atoms with Crippen LogP contribution in [-0.4, -0.2) is 27.2 Å². The summed E-state index contributed by atoms with van der Waals surface area (Å²) in [5.41, 5.74) is 1.15. The first-order valence-electron chi connectivity index (χ1n) is 9.06. The lowest BCUT2D eigenvalue weighted by atomic mass is 9.85. The average molecular weight is 423 g/mol. The number of aliphatic hydroxyl groups is 1.